The Kier molecular flexibility index (Phi) is 4.93. The summed E-state index contributed by atoms with van der Waals surface area (Å²) in [4.78, 5) is 34.8. The molecule has 0 aliphatic heterocycles. The predicted octanol–water partition coefficient (Wildman–Crippen LogP) is 2.54. The number of rotatable bonds is 5. The van der Waals surface area contributed by atoms with Gasteiger partial charge in [0.05, 0.1) is 16.4 Å². The Balaban J connectivity index is 1.84. The molecule has 1 fully saturated rings. The van der Waals surface area contributed by atoms with Crippen molar-refractivity contribution in [3.05, 3.63) is 52.3 Å². The van der Waals surface area contributed by atoms with E-state index in [-0.39, 0.29) is 17.1 Å². The summed E-state index contributed by atoms with van der Waals surface area (Å²) < 4.78 is 1.27. The highest BCUT2D eigenvalue weighted by Gasteiger charge is 2.42. The van der Waals surface area contributed by atoms with Gasteiger partial charge in [0.25, 0.3) is 11.6 Å². The maximum Gasteiger partial charge on any atom is 0.308 e. The fraction of sp³-hybridized carbons (Fsp3) is 0.389. The van der Waals surface area contributed by atoms with Crippen LogP contribution in [0.1, 0.15) is 43.1 Å². The van der Waals surface area contributed by atoms with Gasteiger partial charge in [-0.1, -0.05) is 25.0 Å². The van der Waals surface area contributed by atoms with Crippen LogP contribution in [0.25, 0.3) is 5.69 Å². The number of nitro groups is 1. The second-order valence-corrected chi connectivity index (χ2v) is 6.90. The average molecular weight is 372 g/mol. The molecule has 9 nitrogen and oxygen atoms in total. The molecule has 0 saturated heterocycles. The van der Waals surface area contributed by atoms with Crippen molar-refractivity contribution in [1.29, 1.82) is 0 Å². The van der Waals surface area contributed by atoms with Gasteiger partial charge in [0.1, 0.15) is 5.69 Å². The molecule has 2 unspecified atom stereocenters. The minimum atomic E-state index is -0.928. The molecule has 0 spiro atoms. The molecule has 2 N–H and O–H groups in total. The molecule has 3 rings (SSSR count). The average Bonchev–Trinajstić information content (AvgIpc) is 3.11. The van der Waals surface area contributed by atoms with Crippen molar-refractivity contribution in [2.45, 2.75) is 38.1 Å². The molecule has 1 amide bonds. The molecule has 1 aliphatic rings. The van der Waals surface area contributed by atoms with Crippen molar-refractivity contribution in [2.24, 2.45) is 5.92 Å². The Morgan fingerprint density at radius 3 is 2.78 bits per heavy atom. The van der Waals surface area contributed by atoms with E-state index < -0.39 is 28.3 Å². The first kappa shape index (κ1) is 18.6. The quantitative estimate of drug-likeness (QED) is 0.613. The molecule has 142 valence electrons. The number of carboxylic acids is 1. The van der Waals surface area contributed by atoms with Gasteiger partial charge >= 0.3 is 5.97 Å². The first-order valence-electron chi connectivity index (χ1n) is 8.66. The van der Waals surface area contributed by atoms with Crippen molar-refractivity contribution >= 4 is 17.6 Å². The molecule has 9 heteroatoms. The van der Waals surface area contributed by atoms with Crippen LogP contribution < -0.4 is 5.32 Å². The zero-order chi connectivity index (χ0) is 19.6. The number of hydrogen-bond acceptors (Lipinski definition) is 5. The lowest BCUT2D eigenvalue weighted by molar-refractivity contribution is -0.384. The van der Waals surface area contributed by atoms with Crippen LogP contribution in [-0.2, 0) is 4.79 Å². The number of benzene rings is 1. The number of aliphatic carboxylic acids is 1. The standard InChI is InChI=1S/C18H20N4O5/c1-18(10-5-4-6-12(18)17(24)25)19-16(23)13-9-11-21(20-13)14-7-2-3-8-15(14)22(26)27/h2-3,7-9,11-12H,4-6,10H2,1H3,(H,19,23)(H,24,25). The van der Waals surface area contributed by atoms with E-state index in [0.717, 1.165) is 12.8 Å². The van der Waals surface area contributed by atoms with Crippen LogP contribution in [0.2, 0.25) is 0 Å². The minimum Gasteiger partial charge on any atom is -0.481 e. The molecule has 1 heterocycles. The number of carbonyl (C=O) groups is 2. The summed E-state index contributed by atoms with van der Waals surface area (Å²) in [5.74, 6) is -2.08. The molecule has 1 saturated carbocycles. The number of nitro benzene ring substituents is 1. The molecule has 0 bridgehead atoms. The van der Waals surface area contributed by atoms with E-state index >= 15 is 0 Å². The van der Waals surface area contributed by atoms with Gasteiger partial charge in [-0.15, -0.1) is 0 Å². The molecular formula is C18H20N4O5. The molecule has 2 atom stereocenters. The molecule has 1 aromatic heterocycles. The number of carboxylic acid groups (broad SMARTS) is 1. The Morgan fingerprint density at radius 2 is 2.07 bits per heavy atom. The summed E-state index contributed by atoms with van der Waals surface area (Å²) >= 11 is 0. The van der Waals surface area contributed by atoms with Crippen LogP contribution >= 0.6 is 0 Å². The topological polar surface area (TPSA) is 127 Å². The number of aromatic nitrogens is 2. The predicted molar refractivity (Wildman–Crippen MR) is 95.7 cm³/mol. The van der Waals surface area contributed by atoms with Crippen molar-refractivity contribution in [2.75, 3.05) is 0 Å². The molecule has 0 radical (unpaired) electrons. The Morgan fingerprint density at radius 1 is 1.33 bits per heavy atom. The van der Waals surface area contributed by atoms with Gasteiger partial charge in [-0.05, 0) is 31.9 Å². The van der Waals surface area contributed by atoms with E-state index in [2.05, 4.69) is 10.4 Å². The second kappa shape index (κ2) is 7.18. The van der Waals surface area contributed by atoms with Crippen LogP contribution in [0.15, 0.2) is 36.5 Å². The van der Waals surface area contributed by atoms with Gasteiger partial charge in [-0.3, -0.25) is 19.7 Å². The van der Waals surface area contributed by atoms with E-state index in [4.69, 9.17) is 0 Å². The lowest BCUT2D eigenvalue weighted by Gasteiger charge is -2.39. The SMILES string of the molecule is CC1(NC(=O)c2ccn(-c3ccccc3[N+](=O)[O-])n2)CCCCC1C(=O)O. The zero-order valence-corrected chi connectivity index (χ0v) is 14.8. The van der Waals surface area contributed by atoms with Crippen LogP contribution in [-0.4, -0.2) is 37.2 Å². The van der Waals surface area contributed by atoms with Gasteiger partial charge in [0, 0.05) is 12.3 Å². The van der Waals surface area contributed by atoms with Crippen molar-refractivity contribution in [3.8, 4) is 5.69 Å². The van der Waals surface area contributed by atoms with Crippen LogP contribution in [0.5, 0.6) is 0 Å². The largest absolute Gasteiger partial charge is 0.481 e. The number of hydrogen-bond donors (Lipinski definition) is 2. The molecule has 27 heavy (non-hydrogen) atoms. The smallest absolute Gasteiger partial charge is 0.308 e. The molecular weight excluding hydrogens is 352 g/mol. The van der Waals surface area contributed by atoms with Crippen LogP contribution in [0.3, 0.4) is 0 Å². The lowest BCUT2D eigenvalue weighted by atomic mass is 9.74. The monoisotopic (exact) mass is 372 g/mol. The van der Waals surface area contributed by atoms with Crippen molar-refractivity contribution in [3.63, 3.8) is 0 Å². The Bertz CT molecular complexity index is 893. The van der Waals surface area contributed by atoms with Crippen molar-refractivity contribution in [1.82, 2.24) is 15.1 Å². The summed E-state index contributed by atoms with van der Waals surface area (Å²) in [6, 6.07) is 7.54. The van der Waals surface area contributed by atoms with E-state index in [9.17, 15) is 24.8 Å². The fourth-order valence-corrected chi connectivity index (χ4v) is 3.59. The van der Waals surface area contributed by atoms with Gasteiger partial charge in [-0.2, -0.15) is 5.10 Å². The van der Waals surface area contributed by atoms with Crippen LogP contribution in [0.4, 0.5) is 5.69 Å². The maximum atomic E-state index is 12.6. The number of amides is 1. The first-order chi connectivity index (χ1) is 12.8. The fourth-order valence-electron chi connectivity index (χ4n) is 3.59. The molecule has 2 aromatic rings. The van der Waals surface area contributed by atoms with E-state index in [1.807, 2.05) is 0 Å². The maximum absolute atomic E-state index is 12.6. The van der Waals surface area contributed by atoms with Crippen LogP contribution in [0, 0.1) is 16.0 Å². The first-order valence-corrected chi connectivity index (χ1v) is 8.66. The number of para-hydroxylation sites is 2. The highest BCUT2D eigenvalue weighted by molar-refractivity contribution is 5.93. The number of nitrogens with zero attached hydrogens (tertiary/aromatic N) is 3. The summed E-state index contributed by atoms with van der Waals surface area (Å²) in [5, 5.41) is 27.6. The highest BCUT2D eigenvalue weighted by Crippen LogP contribution is 2.34. The van der Waals surface area contributed by atoms with E-state index in [1.165, 1.54) is 29.1 Å². The van der Waals surface area contributed by atoms with Gasteiger partial charge in [0.15, 0.2) is 5.69 Å². The summed E-state index contributed by atoms with van der Waals surface area (Å²) in [7, 11) is 0. The van der Waals surface area contributed by atoms with E-state index in [1.54, 1.807) is 19.1 Å². The summed E-state index contributed by atoms with van der Waals surface area (Å²) in [6.07, 6.45) is 4.20. The third-order valence-electron chi connectivity index (χ3n) is 5.05. The van der Waals surface area contributed by atoms with E-state index in [0.29, 0.717) is 12.8 Å². The minimum absolute atomic E-state index is 0.0732. The third kappa shape index (κ3) is 3.67. The van der Waals surface area contributed by atoms with Gasteiger partial charge in [-0.25, -0.2) is 4.68 Å². The summed E-state index contributed by atoms with van der Waals surface area (Å²) in [6.45, 7) is 1.74. The second-order valence-electron chi connectivity index (χ2n) is 6.90. The zero-order valence-electron chi connectivity index (χ0n) is 14.8. The van der Waals surface area contributed by atoms with Gasteiger partial charge in [0.2, 0.25) is 0 Å². The third-order valence-corrected chi connectivity index (χ3v) is 5.05. The normalized spacial score (nSPS) is 22.2. The Hall–Kier alpha value is -3.23. The summed E-state index contributed by atoms with van der Waals surface area (Å²) in [5.41, 5.74) is -0.667. The lowest BCUT2D eigenvalue weighted by Crippen LogP contribution is -2.55. The molecule has 1 aliphatic carbocycles. The number of carbonyl (C=O) groups excluding carboxylic acids is 1. The van der Waals surface area contributed by atoms with Gasteiger partial charge < -0.3 is 10.4 Å². The van der Waals surface area contributed by atoms with Crippen molar-refractivity contribution < 1.29 is 19.6 Å². The number of nitrogens with one attached hydrogen (secondary N) is 1. The molecule has 1 aromatic carbocycles. The highest BCUT2D eigenvalue weighted by atomic mass is 16.6. The Labute approximate surface area is 155 Å².